The van der Waals surface area contributed by atoms with Gasteiger partial charge in [0, 0.05) is 0 Å². The van der Waals surface area contributed by atoms with Gasteiger partial charge in [-0.1, -0.05) is 26.8 Å². The SMILES string of the molecule is CC1(C)CC(C)(C2CCC(O)CC2)c2cc(O)ccc21. The van der Waals surface area contributed by atoms with Crippen LogP contribution in [0.25, 0.3) is 0 Å². The molecule has 0 aromatic heterocycles. The normalized spacial score (nSPS) is 35.8. The van der Waals surface area contributed by atoms with Crippen LogP contribution in [0.3, 0.4) is 0 Å². The van der Waals surface area contributed by atoms with E-state index in [1.165, 1.54) is 11.1 Å². The van der Waals surface area contributed by atoms with Crippen LogP contribution in [-0.4, -0.2) is 16.3 Å². The molecule has 20 heavy (non-hydrogen) atoms. The molecule has 2 nitrogen and oxygen atoms in total. The van der Waals surface area contributed by atoms with Gasteiger partial charge in [0.1, 0.15) is 5.75 Å². The molecule has 2 N–H and O–H groups in total. The highest BCUT2D eigenvalue weighted by Crippen LogP contribution is 2.56. The fraction of sp³-hybridized carbons (Fsp3) is 0.667. The molecule has 1 saturated carbocycles. The smallest absolute Gasteiger partial charge is 0.115 e. The maximum absolute atomic E-state index is 9.90. The Balaban J connectivity index is 2.01. The number of aliphatic hydroxyl groups is 1. The van der Waals surface area contributed by atoms with Crippen molar-refractivity contribution in [1.82, 2.24) is 0 Å². The number of hydrogen-bond acceptors (Lipinski definition) is 2. The van der Waals surface area contributed by atoms with Gasteiger partial charge in [-0.15, -0.1) is 0 Å². The molecule has 1 atom stereocenters. The molecule has 2 heteroatoms. The van der Waals surface area contributed by atoms with Gasteiger partial charge in [0.15, 0.2) is 0 Å². The van der Waals surface area contributed by atoms with Crippen LogP contribution in [0.2, 0.25) is 0 Å². The van der Waals surface area contributed by atoms with Crippen LogP contribution in [0.5, 0.6) is 5.75 Å². The number of aromatic hydroxyl groups is 1. The van der Waals surface area contributed by atoms with Gasteiger partial charge in [-0.05, 0) is 72.1 Å². The summed E-state index contributed by atoms with van der Waals surface area (Å²) in [6.07, 6.45) is 5.09. The minimum atomic E-state index is -0.104. The molecule has 2 aliphatic carbocycles. The average molecular weight is 274 g/mol. The van der Waals surface area contributed by atoms with Gasteiger partial charge in [-0.2, -0.15) is 0 Å². The van der Waals surface area contributed by atoms with E-state index in [4.69, 9.17) is 0 Å². The summed E-state index contributed by atoms with van der Waals surface area (Å²) in [4.78, 5) is 0. The molecule has 0 heterocycles. The van der Waals surface area contributed by atoms with Gasteiger partial charge in [0.2, 0.25) is 0 Å². The molecule has 0 bridgehead atoms. The van der Waals surface area contributed by atoms with E-state index in [1.54, 1.807) is 0 Å². The highest BCUT2D eigenvalue weighted by molar-refractivity contribution is 5.49. The van der Waals surface area contributed by atoms with Crippen molar-refractivity contribution in [2.45, 2.75) is 69.8 Å². The largest absolute Gasteiger partial charge is 0.508 e. The lowest BCUT2D eigenvalue weighted by molar-refractivity contribution is 0.0810. The zero-order valence-electron chi connectivity index (χ0n) is 12.8. The minimum Gasteiger partial charge on any atom is -0.508 e. The Morgan fingerprint density at radius 2 is 1.65 bits per heavy atom. The van der Waals surface area contributed by atoms with Crippen molar-refractivity contribution in [2.75, 3.05) is 0 Å². The van der Waals surface area contributed by atoms with Crippen LogP contribution < -0.4 is 0 Å². The molecule has 1 unspecified atom stereocenters. The van der Waals surface area contributed by atoms with E-state index in [9.17, 15) is 10.2 Å². The van der Waals surface area contributed by atoms with Gasteiger partial charge in [0.25, 0.3) is 0 Å². The topological polar surface area (TPSA) is 40.5 Å². The van der Waals surface area contributed by atoms with Crippen molar-refractivity contribution < 1.29 is 10.2 Å². The Morgan fingerprint density at radius 3 is 2.30 bits per heavy atom. The average Bonchev–Trinajstić information content (AvgIpc) is 2.58. The highest BCUT2D eigenvalue weighted by atomic mass is 16.3. The number of benzene rings is 1. The predicted molar refractivity (Wildman–Crippen MR) is 81.1 cm³/mol. The van der Waals surface area contributed by atoms with E-state index in [2.05, 4.69) is 26.8 Å². The number of phenolic OH excluding ortho intramolecular Hbond substituents is 1. The van der Waals surface area contributed by atoms with Crippen LogP contribution in [0.1, 0.15) is 64.0 Å². The quantitative estimate of drug-likeness (QED) is 0.816. The molecule has 3 rings (SSSR count). The van der Waals surface area contributed by atoms with Crippen molar-refractivity contribution in [3.8, 4) is 5.75 Å². The standard InChI is InChI=1S/C18H26O2/c1-17(2)11-18(3,12-4-6-13(19)7-5-12)16-10-14(20)8-9-15(16)17/h8-10,12-13,19-20H,4-7,11H2,1-3H3. The fourth-order valence-corrected chi connectivity index (χ4v) is 4.78. The van der Waals surface area contributed by atoms with Gasteiger partial charge < -0.3 is 10.2 Å². The second-order valence-corrected chi connectivity index (χ2v) is 7.71. The summed E-state index contributed by atoms with van der Waals surface area (Å²) < 4.78 is 0. The van der Waals surface area contributed by atoms with E-state index in [1.807, 2.05) is 12.1 Å². The second kappa shape index (κ2) is 4.49. The highest BCUT2D eigenvalue weighted by Gasteiger charge is 2.49. The lowest BCUT2D eigenvalue weighted by Gasteiger charge is -2.40. The molecule has 1 aromatic rings. The lowest BCUT2D eigenvalue weighted by Crippen LogP contribution is -2.35. The zero-order valence-corrected chi connectivity index (χ0v) is 12.8. The third-order valence-corrected chi connectivity index (χ3v) is 5.75. The summed E-state index contributed by atoms with van der Waals surface area (Å²) >= 11 is 0. The summed E-state index contributed by atoms with van der Waals surface area (Å²) in [6, 6.07) is 5.90. The van der Waals surface area contributed by atoms with Crippen molar-refractivity contribution in [2.24, 2.45) is 5.92 Å². The van der Waals surface area contributed by atoms with Crippen LogP contribution in [-0.2, 0) is 10.8 Å². The van der Waals surface area contributed by atoms with Gasteiger partial charge >= 0.3 is 0 Å². The maximum Gasteiger partial charge on any atom is 0.115 e. The molecule has 1 aromatic carbocycles. The van der Waals surface area contributed by atoms with E-state index in [0.717, 1.165) is 32.1 Å². The second-order valence-electron chi connectivity index (χ2n) is 7.71. The van der Waals surface area contributed by atoms with Gasteiger partial charge in [-0.25, -0.2) is 0 Å². The number of phenols is 1. The Kier molecular flexibility index (Phi) is 3.13. The minimum absolute atomic E-state index is 0.104. The fourth-order valence-electron chi connectivity index (χ4n) is 4.78. The predicted octanol–water partition coefficient (Wildman–Crippen LogP) is 3.88. The van der Waals surface area contributed by atoms with Crippen molar-refractivity contribution in [3.63, 3.8) is 0 Å². The van der Waals surface area contributed by atoms with Gasteiger partial charge in [0.05, 0.1) is 6.10 Å². The van der Waals surface area contributed by atoms with E-state index in [0.29, 0.717) is 11.7 Å². The van der Waals surface area contributed by atoms with Gasteiger partial charge in [-0.3, -0.25) is 0 Å². The maximum atomic E-state index is 9.90. The van der Waals surface area contributed by atoms with Crippen LogP contribution in [0.4, 0.5) is 0 Å². The monoisotopic (exact) mass is 274 g/mol. The summed E-state index contributed by atoms with van der Waals surface area (Å²) in [6.45, 7) is 6.99. The first-order valence-corrected chi connectivity index (χ1v) is 7.85. The Hall–Kier alpha value is -1.02. The van der Waals surface area contributed by atoms with Crippen LogP contribution in [0, 0.1) is 5.92 Å². The third kappa shape index (κ3) is 2.05. The molecular weight excluding hydrogens is 248 g/mol. The molecular formula is C18H26O2. The van der Waals surface area contributed by atoms with E-state index >= 15 is 0 Å². The van der Waals surface area contributed by atoms with Crippen molar-refractivity contribution >= 4 is 0 Å². The molecule has 0 aliphatic heterocycles. The lowest BCUT2D eigenvalue weighted by atomic mass is 9.65. The number of rotatable bonds is 1. The van der Waals surface area contributed by atoms with E-state index < -0.39 is 0 Å². The molecule has 0 spiro atoms. The third-order valence-electron chi connectivity index (χ3n) is 5.75. The summed E-state index contributed by atoms with van der Waals surface area (Å²) in [7, 11) is 0. The first-order valence-electron chi connectivity index (χ1n) is 7.85. The Bertz CT molecular complexity index is 512. The van der Waals surface area contributed by atoms with Crippen molar-refractivity contribution in [3.05, 3.63) is 29.3 Å². The number of fused-ring (bicyclic) bond motifs is 1. The molecule has 0 radical (unpaired) electrons. The number of hydrogen-bond donors (Lipinski definition) is 2. The Morgan fingerprint density at radius 1 is 1.00 bits per heavy atom. The molecule has 2 aliphatic rings. The summed E-state index contributed by atoms with van der Waals surface area (Å²) in [5.74, 6) is 0.997. The van der Waals surface area contributed by atoms with Crippen molar-refractivity contribution in [1.29, 1.82) is 0 Å². The first-order chi connectivity index (χ1) is 9.33. The van der Waals surface area contributed by atoms with Crippen LogP contribution in [0.15, 0.2) is 18.2 Å². The number of aliphatic hydroxyl groups excluding tert-OH is 1. The summed E-state index contributed by atoms with van der Waals surface area (Å²) in [5.41, 5.74) is 3.04. The Labute approximate surface area is 121 Å². The first kappa shape index (κ1) is 13.9. The molecule has 1 fully saturated rings. The molecule has 110 valence electrons. The van der Waals surface area contributed by atoms with E-state index in [-0.39, 0.29) is 16.9 Å². The van der Waals surface area contributed by atoms with Crippen LogP contribution >= 0.6 is 0 Å². The summed E-state index contributed by atoms with van der Waals surface area (Å²) in [5, 5.41) is 19.7. The zero-order chi connectivity index (χ0) is 14.5. The molecule has 0 amide bonds. The molecule has 0 saturated heterocycles.